The van der Waals surface area contributed by atoms with Crippen LogP contribution in [0.15, 0.2) is 48.7 Å². The second kappa shape index (κ2) is 7.23. The highest BCUT2D eigenvalue weighted by Gasteiger charge is 2.05. The van der Waals surface area contributed by atoms with Gasteiger partial charge >= 0.3 is 0 Å². The first-order valence-corrected chi connectivity index (χ1v) is 7.70. The van der Waals surface area contributed by atoms with Crippen LogP contribution in [0.4, 0.5) is 21.8 Å². The van der Waals surface area contributed by atoms with E-state index in [4.69, 9.17) is 11.6 Å². The number of nitrogens with one attached hydrogen (secondary N) is 2. The number of hydrogen-bond donors (Lipinski definition) is 2. The van der Waals surface area contributed by atoms with Crippen LogP contribution < -0.4 is 10.6 Å². The largest absolute Gasteiger partial charge is 0.349 e. The van der Waals surface area contributed by atoms with Gasteiger partial charge in [-0.1, -0.05) is 35.9 Å². The Bertz CT molecular complexity index is 856. The van der Waals surface area contributed by atoms with Gasteiger partial charge in [0.15, 0.2) is 5.82 Å². The molecule has 5 nitrogen and oxygen atoms in total. The third kappa shape index (κ3) is 3.97. The summed E-state index contributed by atoms with van der Waals surface area (Å²) in [7, 11) is 0. The quantitative estimate of drug-likeness (QED) is 0.722. The Kier molecular flexibility index (Phi) is 4.86. The summed E-state index contributed by atoms with van der Waals surface area (Å²) < 4.78 is 13.6. The third-order valence-corrected chi connectivity index (χ3v) is 3.65. The van der Waals surface area contributed by atoms with E-state index >= 15 is 0 Å². The molecule has 24 heavy (non-hydrogen) atoms. The van der Waals surface area contributed by atoms with Gasteiger partial charge in [-0.05, 0) is 30.7 Å². The van der Waals surface area contributed by atoms with Crippen molar-refractivity contribution in [2.75, 3.05) is 10.6 Å². The molecule has 0 spiro atoms. The molecule has 0 saturated carbocycles. The van der Waals surface area contributed by atoms with Crippen LogP contribution >= 0.6 is 11.6 Å². The van der Waals surface area contributed by atoms with Crippen LogP contribution in [0.2, 0.25) is 5.02 Å². The van der Waals surface area contributed by atoms with E-state index in [-0.39, 0.29) is 12.4 Å². The van der Waals surface area contributed by atoms with Gasteiger partial charge in [0.05, 0.1) is 6.20 Å². The minimum Gasteiger partial charge on any atom is -0.349 e. The van der Waals surface area contributed by atoms with E-state index in [1.165, 1.54) is 12.3 Å². The fraction of sp³-hybridized carbons (Fsp3) is 0.118. The monoisotopic (exact) mass is 343 g/mol. The predicted octanol–water partition coefficient (Wildman–Crippen LogP) is 4.33. The van der Waals surface area contributed by atoms with Crippen LogP contribution in [0.5, 0.6) is 0 Å². The molecule has 0 saturated heterocycles. The summed E-state index contributed by atoms with van der Waals surface area (Å²) in [6.45, 7) is 2.23. The lowest BCUT2D eigenvalue weighted by Crippen LogP contribution is -2.07. The van der Waals surface area contributed by atoms with Crippen LogP contribution in [0, 0.1) is 12.7 Å². The Balaban J connectivity index is 1.72. The first-order valence-electron chi connectivity index (χ1n) is 7.32. The molecule has 2 N–H and O–H groups in total. The molecular weight excluding hydrogens is 329 g/mol. The molecule has 0 aliphatic heterocycles. The Morgan fingerprint density at radius 2 is 2.00 bits per heavy atom. The van der Waals surface area contributed by atoms with Crippen molar-refractivity contribution in [1.82, 2.24) is 15.2 Å². The summed E-state index contributed by atoms with van der Waals surface area (Å²) in [6.07, 6.45) is 1.51. The van der Waals surface area contributed by atoms with Gasteiger partial charge in [0.1, 0.15) is 5.82 Å². The zero-order chi connectivity index (χ0) is 16.9. The molecule has 0 aliphatic carbocycles. The Hall–Kier alpha value is -2.73. The molecule has 1 aromatic heterocycles. The van der Waals surface area contributed by atoms with Gasteiger partial charge in [-0.2, -0.15) is 10.1 Å². The number of hydrogen-bond acceptors (Lipinski definition) is 5. The van der Waals surface area contributed by atoms with Crippen molar-refractivity contribution in [2.24, 2.45) is 0 Å². The molecule has 2 aromatic carbocycles. The van der Waals surface area contributed by atoms with Gasteiger partial charge in [-0.15, -0.1) is 5.10 Å². The summed E-state index contributed by atoms with van der Waals surface area (Å²) in [5, 5.41) is 14.6. The number of rotatable bonds is 5. The van der Waals surface area contributed by atoms with Crippen molar-refractivity contribution >= 4 is 29.1 Å². The highest BCUT2D eigenvalue weighted by molar-refractivity contribution is 6.30. The molecule has 0 aliphatic rings. The zero-order valence-corrected chi connectivity index (χ0v) is 13.7. The van der Waals surface area contributed by atoms with Crippen LogP contribution in [-0.2, 0) is 6.54 Å². The number of halogens is 2. The minimum absolute atomic E-state index is 0.272. The zero-order valence-electron chi connectivity index (χ0n) is 12.9. The van der Waals surface area contributed by atoms with Crippen molar-refractivity contribution < 1.29 is 4.39 Å². The highest BCUT2D eigenvalue weighted by Crippen LogP contribution is 2.23. The summed E-state index contributed by atoms with van der Waals surface area (Å²) in [5.41, 5.74) is 2.40. The number of aromatic nitrogens is 3. The molecule has 1 heterocycles. The third-order valence-electron chi connectivity index (χ3n) is 3.42. The van der Waals surface area contributed by atoms with E-state index in [1.54, 1.807) is 18.2 Å². The van der Waals surface area contributed by atoms with E-state index in [0.29, 0.717) is 22.4 Å². The minimum atomic E-state index is -0.276. The first-order chi connectivity index (χ1) is 11.6. The summed E-state index contributed by atoms with van der Waals surface area (Å²) >= 11 is 6.01. The van der Waals surface area contributed by atoms with Crippen molar-refractivity contribution in [2.45, 2.75) is 13.5 Å². The maximum Gasteiger partial charge on any atom is 0.244 e. The highest BCUT2D eigenvalue weighted by atomic mass is 35.5. The Labute approximate surface area is 143 Å². The average molecular weight is 344 g/mol. The molecule has 0 bridgehead atoms. The Morgan fingerprint density at radius 1 is 1.17 bits per heavy atom. The van der Waals surface area contributed by atoms with Gasteiger partial charge in [0.25, 0.3) is 0 Å². The van der Waals surface area contributed by atoms with Gasteiger partial charge in [0.2, 0.25) is 5.95 Å². The summed E-state index contributed by atoms with van der Waals surface area (Å²) in [6, 6.07) is 12.1. The van der Waals surface area contributed by atoms with E-state index in [9.17, 15) is 4.39 Å². The number of benzene rings is 2. The van der Waals surface area contributed by atoms with E-state index < -0.39 is 0 Å². The maximum atomic E-state index is 13.6. The second-order valence-electron chi connectivity index (χ2n) is 5.19. The predicted molar refractivity (Wildman–Crippen MR) is 93.0 cm³/mol. The van der Waals surface area contributed by atoms with E-state index in [0.717, 1.165) is 11.3 Å². The molecular formula is C17H15ClFN5. The average Bonchev–Trinajstić information content (AvgIpc) is 2.58. The fourth-order valence-corrected chi connectivity index (χ4v) is 2.29. The lowest BCUT2D eigenvalue weighted by molar-refractivity contribution is 0.612. The molecule has 3 rings (SSSR count). The summed E-state index contributed by atoms with van der Waals surface area (Å²) in [5.74, 6) is 0.552. The van der Waals surface area contributed by atoms with Gasteiger partial charge in [0, 0.05) is 22.8 Å². The van der Waals surface area contributed by atoms with Gasteiger partial charge < -0.3 is 10.6 Å². The maximum absolute atomic E-state index is 13.6. The molecule has 0 unspecified atom stereocenters. The van der Waals surface area contributed by atoms with E-state index in [2.05, 4.69) is 25.8 Å². The van der Waals surface area contributed by atoms with Crippen LogP contribution in [0.1, 0.15) is 11.1 Å². The van der Waals surface area contributed by atoms with Gasteiger partial charge in [-0.3, -0.25) is 0 Å². The van der Waals surface area contributed by atoms with Crippen molar-refractivity contribution in [3.05, 3.63) is 70.6 Å². The molecule has 0 radical (unpaired) electrons. The van der Waals surface area contributed by atoms with Gasteiger partial charge in [-0.25, -0.2) is 4.39 Å². The number of anilines is 3. The standard InChI is InChI=1S/C17H15ClFN5/c1-11-6-7-13(18)8-15(11)22-16-10-21-24-17(23-16)20-9-12-4-2-3-5-14(12)19/h2-8,10H,9H2,1H3,(H2,20,22,23,24). The Morgan fingerprint density at radius 3 is 2.83 bits per heavy atom. The first kappa shape index (κ1) is 16.1. The number of aryl methyl sites for hydroxylation is 1. The SMILES string of the molecule is Cc1ccc(Cl)cc1Nc1cnnc(NCc2ccccc2F)n1. The van der Waals surface area contributed by atoms with Crippen molar-refractivity contribution in [3.63, 3.8) is 0 Å². The fourth-order valence-electron chi connectivity index (χ4n) is 2.12. The van der Waals surface area contributed by atoms with Crippen LogP contribution in [0.3, 0.4) is 0 Å². The molecule has 0 fully saturated rings. The molecule has 0 atom stereocenters. The van der Waals surface area contributed by atoms with E-state index in [1.807, 2.05) is 25.1 Å². The van der Waals surface area contributed by atoms with Crippen molar-refractivity contribution in [1.29, 1.82) is 0 Å². The lowest BCUT2D eigenvalue weighted by atomic mass is 10.2. The number of nitrogens with zero attached hydrogens (tertiary/aromatic N) is 3. The van der Waals surface area contributed by atoms with Crippen LogP contribution in [0.25, 0.3) is 0 Å². The molecule has 3 aromatic rings. The molecule has 0 amide bonds. The van der Waals surface area contributed by atoms with Crippen LogP contribution in [-0.4, -0.2) is 15.2 Å². The smallest absolute Gasteiger partial charge is 0.244 e. The normalized spacial score (nSPS) is 10.5. The topological polar surface area (TPSA) is 62.7 Å². The second-order valence-corrected chi connectivity index (χ2v) is 5.63. The summed E-state index contributed by atoms with van der Waals surface area (Å²) in [4.78, 5) is 4.32. The molecule has 7 heteroatoms. The van der Waals surface area contributed by atoms with Crippen molar-refractivity contribution in [3.8, 4) is 0 Å². The lowest BCUT2D eigenvalue weighted by Gasteiger charge is -2.10. The molecule has 122 valence electrons.